The van der Waals surface area contributed by atoms with E-state index in [1.54, 1.807) is 22.9 Å². The minimum atomic E-state index is -4.47. The molecule has 34 heavy (non-hydrogen) atoms. The molecular formula is C24H26F3N5O2. The van der Waals surface area contributed by atoms with Gasteiger partial charge in [-0.05, 0) is 51.7 Å². The number of pyridine rings is 2. The van der Waals surface area contributed by atoms with Gasteiger partial charge in [-0.1, -0.05) is 0 Å². The van der Waals surface area contributed by atoms with Crippen LogP contribution in [0.5, 0.6) is 0 Å². The summed E-state index contributed by atoms with van der Waals surface area (Å²) in [7, 11) is 0. The number of aldehydes is 1. The van der Waals surface area contributed by atoms with Crippen molar-refractivity contribution in [3.05, 3.63) is 47.9 Å². The monoisotopic (exact) mass is 473 g/mol. The molecule has 1 aliphatic rings. The van der Waals surface area contributed by atoms with Crippen LogP contribution in [-0.2, 0) is 11.0 Å². The van der Waals surface area contributed by atoms with Gasteiger partial charge in [0, 0.05) is 48.0 Å². The largest absolute Gasteiger partial charge is 0.417 e. The highest BCUT2D eigenvalue weighted by atomic mass is 19.4. The van der Waals surface area contributed by atoms with E-state index in [0.717, 1.165) is 44.2 Å². The Morgan fingerprint density at radius 1 is 1.15 bits per heavy atom. The van der Waals surface area contributed by atoms with E-state index in [2.05, 4.69) is 20.6 Å². The van der Waals surface area contributed by atoms with Crippen LogP contribution >= 0.6 is 0 Å². The molecule has 1 saturated carbocycles. The number of fused-ring (bicyclic) bond motifs is 1. The summed E-state index contributed by atoms with van der Waals surface area (Å²) in [6.07, 6.45) is 3.37. The standard InChI is InChI=1S/C24H26F3N5O2/c1-14(2)30-20-10-21(32-8-7-16-9-17(24(25,26)27)11-29-22(16)32)28-12-19(20)23(34)31-18-5-3-15(13-33)4-6-18/h7-15,18H,3-6H2,1-2H3,(H,28,30)(H,31,34)/t15-,18-. The van der Waals surface area contributed by atoms with Crippen LogP contribution in [0.1, 0.15) is 55.5 Å². The zero-order chi connectivity index (χ0) is 24.5. The van der Waals surface area contributed by atoms with Crippen molar-refractivity contribution in [2.75, 3.05) is 5.32 Å². The summed E-state index contributed by atoms with van der Waals surface area (Å²) < 4.78 is 40.7. The first kappa shape index (κ1) is 23.7. The normalized spacial score (nSPS) is 18.8. The summed E-state index contributed by atoms with van der Waals surface area (Å²) in [5, 5.41) is 6.63. The molecule has 4 rings (SSSR count). The maximum atomic E-state index is 13.0. The summed E-state index contributed by atoms with van der Waals surface area (Å²) in [5.74, 6) is 0.222. The first-order valence-corrected chi connectivity index (χ1v) is 11.2. The van der Waals surface area contributed by atoms with Gasteiger partial charge in [0.2, 0.25) is 0 Å². The van der Waals surface area contributed by atoms with Crippen LogP contribution < -0.4 is 10.6 Å². The van der Waals surface area contributed by atoms with Crippen molar-refractivity contribution in [2.24, 2.45) is 5.92 Å². The van der Waals surface area contributed by atoms with Gasteiger partial charge < -0.3 is 15.4 Å². The number of aromatic nitrogens is 3. The Hall–Kier alpha value is -3.43. The Kier molecular flexibility index (Phi) is 6.58. The first-order valence-electron chi connectivity index (χ1n) is 11.2. The van der Waals surface area contributed by atoms with E-state index in [9.17, 15) is 22.8 Å². The number of alkyl halides is 3. The fraction of sp³-hybridized carbons (Fsp3) is 0.417. The van der Waals surface area contributed by atoms with Gasteiger partial charge in [-0.2, -0.15) is 13.2 Å². The molecule has 0 atom stereocenters. The number of rotatable bonds is 6. The van der Waals surface area contributed by atoms with Crippen molar-refractivity contribution in [2.45, 2.75) is 57.8 Å². The summed E-state index contributed by atoms with van der Waals surface area (Å²) in [6.45, 7) is 3.88. The molecule has 3 aromatic rings. The number of nitrogens with one attached hydrogen (secondary N) is 2. The summed E-state index contributed by atoms with van der Waals surface area (Å²) >= 11 is 0. The highest BCUT2D eigenvalue weighted by molar-refractivity contribution is 5.99. The molecule has 10 heteroatoms. The average Bonchev–Trinajstić information content (AvgIpc) is 3.22. The molecule has 3 aromatic heterocycles. The van der Waals surface area contributed by atoms with Crippen LogP contribution in [-0.4, -0.2) is 38.8 Å². The minimum Gasteiger partial charge on any atom is -0.382 e. The highest BCUT2D eigenvalue weighted by Gasteiger charge is 2.31. The summed E-state index contributed by atoms with van der Waals surface area (Å²) in [6, 6.07) is 4.31. The number of amides is 1. The highest BCUT2D eigenvalue weighted by Crippen LogP contribution is 2.31. The van der Waals surface area contributed by atoms with Gasteiger partial charge in [0.05, 0.1) is 16.8 Å². The van der Waals surface area contributed by atoms with E-state index >= 15 is 0 Å². The molecule has 0 aliphatic heterocycles. The Morgan fingerprint density at radius 3 is 2.53 bits per heavy atom. The van der Waals surface area contributed by atoms with E-state index in [1.165, 1.54) is 6.20 Å². The van der Waals surface area contributed by atoms with Crippen molar-refractivity contribution >= 4 is 28.9 Å². The molecule has 1 amide bonds. The van der Waals surface area contributed by atoms with Crippen molar-refractivity contribution in [1.82, 2.24) is 19.9 Å². The predicted molar refractivity (Wildman–Crippen MR) is 122 cm³/mol. The molecule has 0 unspecified atom stereocenters. The lowest BCUT2D eigenvalue weighted by Gasteiger charge is -2.26. The maximum Gasteiger partial charge on any atom is 0.417 e. The molecule has 1 aliphatic carbocycles. The molecule has 2 N–H and O–H groups in total. The van der Waals surface area contributed by atoms with Crippen LogP contribution in [0.15, 0.2) is 36.8 Å². The van der Waals surface area contributed by atoms with E-state index < -0.39 is 11.7 Å². The second-order valence-electron chi connectivity index (χ2n) is 8.93. The molecular weight excluding hydrogens is 447 g/mol. The van der Waals surface area contributed by atoms with E-state index in [-0.39, 0.29) is 23.9 Å². The SMILES string of the molecule is CC(C)Nc1cc(-n2ccc3cc(C(F)(F)F)cnc32)ncc1C(=O)N[C@H]1CC[C@H](C=O)CC1. The van der Waals surface area contributed by atoms with Gasteiger partial charge >= 0.3 is 6.18 Å². The molecule has 0 bridgehead atoms. The maximum absolute atomic E-state index is 13.0. The zero-order valence-corrected chi connectivity index (χ0v) is 18.9. The molecule has 0 spiro atoms. The fourth-order valence-electron chi connectivity index (χ4n) is 4.21. The van der Waals surface area contributed by atoms with E-state index in [0.29, 0.717) is 28.1 Å². The topological polar surface area (TPSA) is 88.9 Å². The lowest BCUT2D eigenvalue weighted by atomic mass is 9.87. The van der Waals surface area contributed by atoms with E-state index in [4.69, 9.17) is 0 Å². The molecule has 0 saturated heterocycles. The Bertz CT molecular complexity index is 1200. The lowest BCUT2D eigenvalue weighted by molar-refractivity contribution is -0.137. The summed E-state index contributed by atoms with van der Waals surface area (Å²) in [5.41, 5.74) is 0.453. The van der Waals surface area contributed by atoms with Gasteiger partial charge in [-0.15, -0.1) is 0 Å². The number of halogens is 3. The molecule has 3 heterocycles. The first-order chi connectivity index (χ1) is 16.2. The fourth-order valence-corrected chi connectivity index (χ4v) is 4.21. The minimum absolute atomic E-state index is 0.00398. The molecule has 1 fully saturated rings. The third kappa shape index (κ3) is 5.05. The van der Waals surface area contributed by atoms with Crippen LogP contribution in [0.2, 0.25) is 0 Å². The Labute approximate surface area is 194 Å². The van der Waals surface area contributed by atoms with Gasteiger partial charge in [-0.25, -0.2) is 9.97 Å². The number of hydrogen-bond donors (Lipinski definition) is 2. The third-order valence-electron chi connectivity index (χ3n) is 5.98. The number of nitrogens with zero attached hydrogens (tertiary/aromatic N) is 3. The third-order valence-corrected chi connectivity index (χ3v) is 5.98. The molecule has 0 radical (unpaired) electrons. The second-order valence-corrected chi connectivity index (χ2v) is 8.93. The lowest BCUT2D eigenvalue weighted by Crippen LogP contribution is -2.38. The van der Waals surface area contributed by atoms with Gasteiger partial charge in [-0.3, -0.25) is 9.36 Å². The van der Waals surface area contributed by atoms with Crippen LogP contribution in [0, 0.1) is 5.92 Å². The second kappa shape index (κ2) is 9.44. The van der Waals surface area contributed by atoms with Crippen LogP contribution in [0.4, 0.5) is 18.9 Å². The quantitative estimate of drug-likeness (QED) is 0.505. The Morgan fingerprint density at radius 2 is 1.88 bits per heavy atom. The van der Waals surface area contributed by atoms with Crippen LogP contribution in [0.3, 0.4) is 0 Å². The number of carbonyl (C=O) groups excluding carboxylic acids is 2. The number of hydrogen-bond acceptors (Lipinski definition) is 5. The van der Waals surface area contributed by atoms with Crippen molar-refractivity contribution in [3.8, 4) is 5.82 Å². The Balaban J connectivity index is 1.62. The molecule has 7 nitrogen and oxygen atoms in total. The molecule has 180 valence electrons. The summed E-state index contributed by atoms with van der Waals surface area (Å²) in [4.78, 5) is 32.4. The van der Waals surface area contributed by atoms with Gasteiger partial charge in [0.1, 0.15) is 17.8 Å². The number of carbonyl (C=O) groups is 2. The van der Waals surface area contributed by atoms with Crippen molar-refractivity contribution in [3.63, 3.8) is 0 Å². The number of anilines is 1. The van der Waals surface area contributed by atoms with Crippen LogP contribution in [0.25, 0.3) is 16.9 Å². The average molecular weight is 473 g/mol. The van der Waals surface area contributed by atoms with Crippen molar-refractivity contribution in [1.29, 1.82) is 0 Å². The van der Waals surface area contributed by atoms with Gasteiger partial charge in [0.15, 0.2) is 0 Å². The predicted octanol–water partition coefficient (Wildman–Crippen LogP) is 4.75. The van der Waals surface area contributed by atoms with E-state index in [1.807, 2.05) is 13.8 Å². The van der Waals surface area contributed by atoms with Crippen molar-refractivity contribution < 1.29 is 22.8 Å². The smallest absolute Gasteiger partial charge is 0.382 e. The molecule has 0 aromatic carbocycles. The van der Waals surface area contributed by atoms with Gasteiger partial charge in [0.25, 0.3) is 5.91 Å². The zero-order valence-electron chi connectivity index (χ0n) is 18.9.